The largest absolute Gasteiger partial charge is 0.494 e. The molecule has 22 heteroatoms. The minimum absolute atomic E-state index is 0.0510. The highest BCUT2D eigenvalue weighted by Crippen LogP contribution is 2.42. The molecule has 0 aliphatic rings. The SMILES string of the molecule is COC(=O)[C@H](CNC(=O)c1ccc2c(cnn2CCCNc2nccn2C(c2ccccc2)(c2ccccc2)c2ccccc2)c1)NS(=O)(=O)c1c(C)cc(OCCCC(=O)NCCCOCCOCCOCCCNC(=O)OCc2ccccc2)cc1C. The van der Waals surface area contributed by atoms with Crippen LogP contribution in [0.4, 0.5) is 10.7 Å². The molecule has 8 aromatic rings. The van der Waals surface area contributed by atoms with Gasteiger partial charge in [-0.3, -0.25) is 23.6 Å². The summed E-state index contributed by atoms with van der Waals surface area (Å²) in [6.45, 7) is 7.90. The van der Waals surface area contributed by atoms with Gasteiger partial charge in [0, 0.05) is 75.7 Å². The first-order valence-electron chi connectivity index (χ1n) is 29.8. The summed E-state index contributed by atoms with van der Waals surface area (Å²) in [7, 11) is -3.19. The first-order chi connectivity index (χ1) is 43.4. The molecule has 0 saturated carbocycles. The fraction of sp³-hybridized carbons (Fsp3) is 0.343. The number of hydrogen-bond donors (Lipinski definition) is 5. The fourth-order valence-electron chi connectivity index (χ4n) is 10.4. The predicted octanol–water partition coefficient (Wildman–Crippen LogP) is 8.47. The van der Waals surface area contributed by atoms with Crippen molar-refractivity contribution in [1.29, 1.82) is 0 Å². The maximum atomic E-state index is 13.9. The molecule has 6 aromatic carbocycles. The third-order valence-corrected chi connectivity index (χ3v) is 16.3. The number of imidazole rings is 1. The summed E-state index contributed by atoms with van der Waals surface area (Å²) in [5.74, 6) is -0.426. The molecule has 8 rings (SSSR count). The fourth-order valence-corrected chi connectivity index (χ4v) is 12.0. The van der Waals surface area contributed by atoms with Crippen LogP contribution in [0.25, 0.3) is 10.9 Å². The highest BCUT2D eigenvalue weighted by Gasteiger charge is 2.40. The molecule has 21 nitrogen and oxygen atoms in total. The average Bonchev–Trinajstić information content (AvgIpc) is 1.78. The van der Waals surface area contributed by atoms with Crippen molar-refractivity contribution < 1.29 is 56.0 Å². The highest BCUT2D eigenvalue weighted by atomic mass is 32.2. The van der Waals surface area contributed by atoms with Gasteiger partial charge in [-0.25, -0.2) is 18.2 Å². The predicted molar refractivity (Wildman–Crippen MR) is 338 cm³/mol. The number of benzene rings is 6. The summed E-state index contributed by atoms with van der Waals surface area (Å²) >= 11 is 0. The van der Waals surface area contributed by atoms with Crippen LogP contribution in [0, 0.1) is 13.8 Å². The summed E-state index contributed by atoms with van der Waals surface area (Å²) in [5, 5.41) is 17.2. The molecule has 470 valence electrons. The van der Waals surface area contributed by atoms with Crippen LogP contribution in [0.3, 0.4) is 0 Å². The number of ether oxygens (including phenoxy) is 6. The summed E-state index contributed by atoms with van der Waals surface area (Å²) in [6, 6.07) is 47.6. The molecule has 3 amide bonds. The van der Waals surface area contributed by atoms with E-state index in [1.54, 1.807) is 44.3 Å². The van der Waals surface area contributed by atoms with Crippen molar-refractivity contribution in [1.82, 2.24) is 40.0 Å². The Morgan fingerprint density at radius 1 is 0.640 bits per heavy atom. The molecule has 0 aliphatic carbocycles. The van der Waals surface area contributed by atoms with E-state index in [2.05, 4.69) is 108 Å². The second-order valence-corrected chi connectivity index (χ2v) is 22.6. The van der Waals surface area contributed by atoms with Gasteiger partial charge in [0.05, 0.1) is 56.8 Å². The molecule has 0 bridgehead atoms. The lowest BCUT2D eigenvalue weighted by atomic mass is 9.76. The molecule has 0 unspecified atom stereocenters. The van der Waals surface area contributed by atoms with Gasteiger partial charge < -0.3 is 49.7 Å². The van der Waals surface area contributed by atoms with Crippen LogP contribution in [0.1, 0.15) is 75.8 Å². The van der Waals surface area contributed by atoms with Crippen molar-refractivity contribution >= 4 is 50.8 Å². The Morgan fingerprint density at radius 3 is 1.83 bits per heavy atom. The van der Waals surface area contributed by atoms with E-state index in [4.69, 9.17) is 33.4 Å². The lowest BCUT2D eigenvalue weighted by molar-refractivity contribution is -0.142. The Kier molecular flexibility index (Phi) is 25.2. The van der Waals surface area contributed by atoms with Gasteiger partial charge in [0.15, 0.2) is 0 Å². The second-order valence-electron chi connectivity index (χ2n) is 21.0. The molecule has 0 fully saturated rings. The maximum Gasteiger partial charge on any atom is 0.407 e. The van der Waals surface area contributed by atoms with E-state index in [1.807, 2.05) is 71.7 Å². The van der Waals surface area contributed by atoms with Crippen LogP contribution >= 0.6 is 0 Å². The van der Waals surface area contributed by atoms with Crippen LogP contribution < -0.4 is 30.7 Å². The van der Waals surface area contributed by atoms with Crippen LogP contribution in [0.2, 0.25) is 0 Å². The average molecular weight is 1230 g/mol. The first-order valence-corrected chi connectivity index (χ1v) is 31.3. The van der Waals surface area contributed by atoms with Crippen LogP contribution in [0.5, 0.6) is 5.75 Å². The number of nitrogens with one attached hydrogen (secondary N) is 5. The van der Waals surface area contributed by atoms with Crippen LogP contribution in [0.15, 0.2) is 175 Å². The standard InChI is InChI=1S/C67H79N9O12S/c1-50-44-58(87-39-16-28-61(77)68-32-18-37-84-40-42-86-43-41-85-38-19-33-71-66(80)88-49-52-20-8-4-9-21-52)45-51(2)62(50)89(81,82)74-59(64(79)83-3)48-72-63(78)53-29-30-60-54(46-53)47-73-76(60)35-17-31-69-65-70-34-36-75(65)67(55-22-10-5-11-23-55,56-24-12-6-13-25-56)57-26-14-7-15-27-57/h4-15,20-27,29-30,34,36,44-47,59,74H,16-19,28,31-33,35,37-43,48-49H2,1-3H3,(H,68,77)(H,69,70)(H,71,80)(H,72,78)/t59-/m0/s1. The highest BCUT2D eigenvalue weighted by molar-refractivity contribution is 7.89. The smallest absolute Gasteiger partial charge is 0.407 e. The van der Waals surface area contributed by atoms with E-state index in [-0.39, 0.29) is 36.0 Å². The number of amides is 3. The molecule has 2 aromatic heterocycles. The van der Waals surface area contributed by atoms with Crippen molar-refractivity contribution in [3.63, 3.8) is 0 Å². The number of alkyl carbamates (subject to hydrolysis) is 1. The van der Waals surface area contributed by atoms with E-state index in [9.17, 15) is 27.6 Å². The van der Waals surface area contributed by atoms with Gasteiger partial charge in [-0.05, 0) is 103 Å². The number of sulfonamides is 1. The van der Waals surface area contributed by atoms with Gasteiger partial charge in [-0.2, -0.15) is 9.82 Å². The third kappa shape index (κ3) is 18.8. The zero-order valence-electron chi connectivity index (χ0n) is 50.6. The summed E-state index contributed by atoms with van der Waals surface area (Å²) in [6.07, 6.45) is 7.66. The summed E-state index contributed by atoms with van der Waals surface area (Å²) < 4.78 is 67.0. The quantitative estimate of drug-likeness (QED) is 0.0139. The number of carbonyl (C=O) groups is 4. The monoisotopic (exact) mass is 1230 g/mol. The number of fused-ring (bicyclic) bond motifs is 1. The van der Waals surface area contributed by atoms with Gasteiger partial charge >= 0.3 is 12.1 Å². The van der Waals surface area contributed by atoms with Crippen molar-refractivity contribution in [2.75, 3.05) is 84.9 Å². The lowest BCUT2D eigenvalue weighted by Gasteiger charge is -2.38. The Hall–Kier alpha value is -8.93. The number of aryl methyl sites for hydroxylation is 3. The van der Waals surface area contributed by atoms with E-state index >= 15 is 0 Å². The van der Waals surface area contributed by atoms with E-state index < -0.39 is 46.1 Å². The lowest BCUT2D eigenvalue weighted by Crippen LogP contribution is -2.49. The normalized spacial score (nSPS) is 11.9. The van der Waals surface area contributed by atoms with Gasteiger partial charge in [0.2, 0.25) is 21.9 Å². The molecule has 0 aliphatic heterocycles. The molecule has 0 spiro atoms. The number of nitrogens with zero attached hydrogens (tertiary/aromatic N) is 4. The Morgan fingerprint density at radius 2 is 1.22 bits per heavy atom. The molecule has 5 N–H and O–H groups in total. The minimum atomic E-state index is -4.33. The number of hydrogen-bond acceptors (Lipinski definition) is 15. The van der Waals surface area contributed by atoms with Gasteiger partial charge in [0.25, 0.3) is 5.91 Å². The summed E-state index contributed by atoms with van der Waals surface area (Å²) in [4.78, 5) is 55.6. The number of aromatic nitrogens is 4. The second kappa shape index (κ2) is 34.0. The van der Waals surface area contributed by atoms with Crippen molar-refractivity contribution in [3.8, 4) is 5.75 Å². The van der Waals surface area contributed by atoms with Gasteiger partial charge in [-0.1, -0.05) is 121 Å². The van der Waals surface area contributed by atoms with Crippen LogP contribution in [-0.4, -0.2) is 137 Å². The van der Waals surface area contributed by atoms with Crippen molar-refractivity contribution in [2.45, 2.75) is 75.6 Å². The molecule has 89 heavy (non-hydrogen) atoms. The Labute approximate surface area is 519 Å². The van der Waals surface area contributed by atoms with E-state index in [0.29, 0.717) is 114 Å². The molecule has 0 radical (unpaired) electrons. The van der Waals surface area contributed by atoms with Gasteiger partial charge in [0.1, 0.15) is 23.9 Å². The van der Waals surface area contributed by atoms with Crippen molar-refractivity contribution in [2.24, 2.45) is 0 Å². The molecule has 1 atom stereocenters. The molecule has 2 heterocycles. The van der Waals surface area contributed by atoms with Crippen molar-refractivity contribution in [3.05, 3.63) is 209 Å². The topological polar surface area (TPSA) is 254 Å². The number of methoxy groups -OCH3 is 1. The number of carbonyl (C=O) groups excluding carboxylic acids is 4. The van der Waals surface area contributed by atoms with E-state index in [0.717, 1.165) is 40.3 Å². The number of esters is 1. The zero-order valence-corrected chi connectivity index (χ0v) is 51.4. The van der Waals surface area contributed by atoms with E-state index in [1.165, 1.54) is 0 Å². The molecular weight excluding hydrogens is 1150 g/mol. The number of rotatable bonds is 37. The molecule has 0 saturated heterocycles. The third-order valence-electron chi connectivity index (χ3n) is 14.6. The number of anilines is 1. The Balaban J connectivity index is 0.716. The Bertz CT molecular complexity index is 3510. The van der Waals surface area contributed by atoms with Crippen LogP contribution in [-0.2, 0) is 62.0 Å². The zero-order chi connectivity index (χ0) is 62.7. The molecular formula is C67H79N9O12S. The van der Waals surface area contributed by atoms with Gasteiger partial charge in [-0.15, -0.1) is 0 Å². The first kappa shape index (κ1) is 66.0. The minimum Gasteiger partial charge on any atom is -0.494 e. The summed E-state index contributed by atoms with van der Waals surface area (Å²) in [5.41, 5.74) is 5.29. The maximum absolute atomic E-state index is 13.9.